The van der Waals surface area contributed by atoms with Crippen molar-refractivity contribution >= 4 is 11.0 Å². The van der Waals surface area contributed by atoms with Crippen LogP contribution in [0, 0.1) is 5.21 Å². The van der Waals surface area contributed by atoms with E-state index in [1.54, 1.807) is 0 Å². The molecule has 0 amide bonds. The molecule has 7 heteroatoms. The number of hydrogen-bond acceptors (Lipinski definition) is 3. The lowest BCUT2D eigenvalue weighted by Gasteiger charge is -2.05. The van der Waals surface area contributed by atoms with Crippen molar-refractivity contribution < 1.29 is 18.0 Å². The van der Waals surface area contributed by atoms with Gasteiger partial charge in [0.1, 0.15) is 5.52 Å². The van der Waals surface area contributed by atoms with Crippen LogP contribution in [0.5, 0.6) is 0 Å². The third-order valence-corrected chi connectivity index (χ3v) is 1.86. The van der Waals surface area contributed by atoms with Crippen molar-refractivity contribution in [1.29, 1.82) is 0 Å². The highest BCUT2D eigenvalue weighted by molar-refractivity contribution is 5.71. The molecule has 0 aliphatic carbocycles. The number of rotatable bonds is 0. The standard InChI is InChI=1S/C8H4F3N3O/c9-8(10,11)5-1-2-6-7(3-5)14(15)13-4-12-6/h1-4H. The summed E-state index contributed by atoms with van der Waals surface area (Å²) in [5.41, 5.74) is -0.922. The van der Waals surface area contributed by atoms with E-state index in [2.05, 4.69) is 10.1 Å². The Morgan fingerprint density at radius 1 is 1.27 bits per heavy atom. The Kier molecular flexibility index (Phi) is 1.95. The van der Waals surface area contributed by atoms with Gasteiger partial charge in [-0.25, -0.2) is 4.98 Å². The first kappa shape index (κ1) is 9.63. The lowest BCUT2D eigenvalue weighted by molar-refractivity contribution is -0.643. The van der Waals surface area contributed by atoms with Crippen LogP contribution in [0.3, 0.4) is 0 Å². The predicted molar refractivity (Wildman–Crippen MR) is 43.5 cm³/mol. The molecule has 0 radical (unpaired) electrons. The Labute approximate surface area is 81.6 Å². The van der Waals surface area contributed by atoms with Crippen LogP contribution in [0.15, 0.2) is 24.5 Å². The highest BCUT2D eigenvalue weighted by Gasteiger charge is 2.31. The monoisotopic (exact) mass is 215 g/mol. The van der Waals surface area contributed by atoms with Crippen molar-refractivity contribution in [2.24, 2.45) is 0 Å². The molecule has 0 atom stereocenters. The van der Waals surface area contributed by atoms with Gasteiger partial charge in [0.15, 0.2) is 6.33 Å². The Balaban J connectivity index is 2.70. The topological polar surface area (TPSA) is 52.7 Å². The maximum Gasteiger partial charge on any atom is 0.416 e. The van der Waals surface area contributed by atoms with E-state index in [9.17, 15) is 18.4 Å². The molecule has 2 aromatic rings. The minimum atomic E-state index is -4.48. The number of halogens is 3. The quantitative estimate of drug-likeness (QED) is 0.491. The zero-order valence-electron chi connectivity index (χ0n) is 7.19. The smallest absolute Gasteiger partial charge is 0.416 e. The van der Waals surface area contributed by atoms with Crippen LogP contribution in [0.2, 0.25) is 0 Å². The van der Waals surface area contributed by atoms with Crippen LogP contribution < -0.4 is 4.85 Å². The number of alkyl halides is 3. The molecule has 0 bridgehead atoms. The summed E-state index contributed by atoms with van der Waals surface area (Å²) in [5, 5.41) is 14.3. The van der Waals surface area contributed by atoms with Gasteiger partial charge in [0.25, 0.3) is 5.52 Å². The van der Waals surface area contributed by atoms with E-state index >= 15 is 0 Å². The van der Waals surface area contributed by atoms with Crippen molar-refractivity contribution in [3.63, 3.8) is 0 Å². The number of aromatic nitrogens is 3. The van der Waals surface area contributed by atoms with Gasteiger partial charge in [-0.1, -0.05) is 0 Å². The van der Waals surface area contributed by atoms with Crippen molar-refractivity contribution in [2.75, 3.05) is 0 Å². The number of fused-ring (bicyclic) bond motifs is 1. The minimum Gasteiger partial charge on any atom is -0.594 e. The molecule has 1 aromatic carbocycles. The largest absolute Gasteiger partial charge is 0.594 e. The summed E-state index contributed by atoms with van der Waals surface area (Å²) in [6.45, 7) is 0. The predicted octanol–water partition coefficient (Wildman–Crippen LogP) is 1.28. The van der Waals surface area contributed by atoms with Crippen LogP contribution in [0.1, 0.15) is 5.56 Å². The highest BCUT2D eigenvalue weighted by atomic mass is 19.4. The van der Waals surface area contributed by atoms with E-state index < -0.39 is 11.7 Å². The molecule has 0 saturated carbocycles. The molecule has 0 spiro atoms. The zero-order valence-corrected chi connectivity index (χ0v) is 7.19. The van der Waals surface area contributed by atoms with Gasteiger partial charge in [0.05, 0.1) is 5.56 Å². The van der Waals surface area contributed by atoms with Gasteiger partial charge >= 0.3 is 6.18 Å². The fraction of sp³-hybridized carbons (Fsp3) is 0.125. The van der Waals surface area contributed by atoms with Crippen LogP contribution >= 0.6 is 0 Å². The molecule has 0 saturated heterocycles. The van der Waals surface area contributed by atoms with Gasteiger partial charge in [0.2, 0.25) is 0 Å². The van der Waals surface area contributed by atoms with Gasteiger partial charge in [0, 0.05) is 11.2 Å². The maximum absolute atomic E-state index is 12.3. The fourth-order valence-corrected chi connectivity index (χ4v) is 1.16. The molecule has 2 rings (SSSR count). The summed E-state index contributed by atoms with van der Waals surface area (Å²) in [5.74, 6) is 0. The van der Waals surface area contributed by atoms with E-state index in [0.717, 1.165) is 24.5 Å². The van der Waals surface area contributed by atoms with Gasteiger partial charge in [-0.3, -0.25) is 0 Å². The summed E-state index contributed by atoms with van der Waals surface area (Å²) in [6, 6.07) is 2.73. The van der Waals surface area contributed by atoms with Crippen LogP contribution in [-0.4, -0.2) is 10.1 Å². The molecule has 0 N–H and O–H groups in total. The average molecular weight is 215 g/mol. The Morgan fingerprint density at radius 3 is 2.67 bits per heavy atom. The molecule has 0 aliphatic rings. The molecule has 15 heavy (non-hydrogen) atoms. The van der Waals surface area contributed by atoms with Crippen molar-refractivity contribution in [1.82, 2.24) is 10.1 Å². The van der Waals surface area contributed by atoms with Crippen molar-refractivity contribution in [3.8, 4) is 0 Å². The summed E-state index contributed by atoms with van der Waals surface area (Å²) in [4.78, 5) is 3.77. The normalized spacial score (nSPS) is 11.9. The Morgan fingerprint density at radius 2 is 2.00 bits per heavy atom. The van der Waals surface area contributed by atoms with Crippen LogP contribution in [0.4, 0.5) is 13.2 Å². The Bertz CT molecular complexity index is 512. The van der Waals surface area contributed by atoms with Gasteiger partial charge in [-0.2, -0.15) is 13.2 Å². The molecular formula is C8H4F3N3O. The van der Waals surface area contributed by atoms with E-state index in [1.807, 2.05) is 0 Å². The second-order valence-corrected chi connectivity index (χ2v) is 2.83. The van der Waals surface area contributed by atoms with Crippen molar-refractivity contribution in [2.45, 2.75) is 6.18 Å². The Hall–Kier alpha value is -1.92. The first-order chi connectivity index (χ1) is 6.98. The van der Waals surface area contributed by atoms with Gasteiger partial charge in [-0.05, 0) is 17.0 Å². The number of benzene rings is 1. The van der Waals surface area contributed by atoms with Crippen LogP contribution in [0.25, 0.3) is 11.0 Å². The molecular weight excluding hydrogens is 211 g/mol. The zero-order chi connectivity index (χ0) is 11.1. The number of hydrogen-bond donors (Lipinski definition) is 0. The molecule has 4 nitrogen and oxygen atoms in total. The summed E-state index contributed by atoms with van der Waals surface area (Å²) < 4.78 is 36.9. The maximum atomic E-state index is 12.3. The highest BCUT2D eigenvalue weighted by Crippen LogP contribution is 2.30. The molecule has 0 fully saturated rings. The van der Waals surface area contributed by atoms with E-state index in [4.69, 9.17) is 0 Å². The van der Waals surface area contributed by atoms with Crippen molar-refractivity contribution in [3.05, 3.63) is 35.3 Å². The van der Waals surface area contributed by atoms with Gasteiger partial charge in [-0.15, -0.1) is 0 Å². The molecule has 1 aromatic heterocycles. The molecule has 0 unspecified atom stereocenters. The molecule has 78 valence electrons. The third kappa shape index (κ3) is 1.67. The van der Waals surface area contributed by atoms with E-state index in [-0.39, 0.29) is 15.9 Å². The van der Waals surface area contributed by atoms with E-state index in [1.165, 1.54) is 0 Å². The second kappa shape index (κ2) is 3.04. The fourth-order valence-electron chi connectivity index (χ4n) is 1.16. The minimum absolute atomic E-state index is 0.109. The van der Waals surface area contributed by atoms with E-state index in [0.29, 0.717) is 0 Å². The van der Waals surface area contributed by atoms with Gasteiger partial charge < -0.3 is 5.21 Å². The molecule has 1 heterocycles. The lowest BCUT2D eigenvalue weighted by Crippen LogP contribution is -2.32. The molecule has 0 aliphatic heterocycles. The summed E-state index contributed by atoms with van der Waals surface area (Å²) >= 11 is 0. The number of nitrogens with zero attached hydrogens (tertiary/aromatic N) is 3. The second-order valence-electron chi connectivity index (χ2n) is 2.83. The van der Waals surface area contributed by atoms with Crippen LogP contribution in [-0.2, 0) is 6.18 Å². The SMILES string of the molecule is [O-][n+]1ncnc2ccc(C(F)(F)F)cc21. The third-order valence-electron chi connectivity index (χ3n) is 1.86. The first-order valence-electron chi connectivity index (χ1n) is 3.90. The average Bonchev–Trinajstić information content (AvgIpc) is 2.16. The summed E-state index contributed by atoms with van der Waals surface area (Å²) in [6.07, 6.45) is -3.49. The first-order valence-corrected chi connectivity index (χ1v) is 3.90. The lowest BCUT2D eigenvalue weighted by atomic mass is 10.2. The summed E-state index contributed by atoms with van der Waals surface area (Å²) in [7, 11) is 0.